The highest BCUT2D eigenvalue weighted by atomic mass is 35.5. The maximum atomic E-state index is 13.8. The van der Waals surface area contributed by atoms with Gasteiger partial charge in [-0.05, 0) is 137 Å². The molecule has 9 rings (SSSR count). The van der Waals surface area contributed by atoms with E-state index in [9.17, 15) is 19.2 Å². The second kappa shape index (κ2) is 19.1. The number of aliphatic imine (C=N–C) groups is 1. The second-order valence-electron chi connectivity index (χ2n) is 14.8. The summed E-state index contributed by atoms with van der Waals surface area (Å²) >= 11 is 12.2. The van der Waals surface area contributed by atoms with E-state index >= 15 is 0 Å². The third kappa shape index (κ3) is 9.60. The molecule has 6 aromatic carbocycles. The summed E-state index contributed by atoms with van der Waals surface area (Å²) in [7, 11) is 0. The standard InChI is InChI=1S/C33H25Cl2NO2.C9H8N2.C9H8O4/c1-19-17-21(10-16-31(19)36-33(38)29-13-11-22(34)18-30(29)35)32(37)28-8-4-7-24-26-12-9-20-5-2-3-6-23(20)25(26)14-15-27(24)28;1-2-4-9-8(3-1)7-10-5-6-11-9;1-5-2-3-6(8(10)11)4-7(5)9(12)13/h2-3,5-6,9-11,13-18H,4,7-8,12H2,1H3,(H,36,38);1-7,11H;2-4H,1H3,(H,10,11)(H,12,13). The van der Waals surface area contributed by atoms with Crippen LogP contribution in [0, 0.1) is 24.3 Å². The van der Waals surface area contributed by atoms with Gasteiger partial charge in [-0.15, -0.1) is 0 Å². The zero-order chi connectivity index (χ0) is 43.9. The molecule has 310 valence electrons. The number of amides is 1. The average molecular weight is 863 g/mol. The first-order valence-electron chi connectivity index (χ1n) is 19.9. The number of fused-ring (bicyclic) bond motifs is 5. The molecule has 4 N–H and O–H groups in total. The van der Waals surface area contributed by atoms with Crippen LogP contribution >= 0.6 is 23.2 Å². The Morgan fingerprint density at radius 3 is 2.23 bits per heavy atom. The number of carbonyl (C=O) groups is 4. The number of halogens is 2. The van der Waals surface area contributed by atoms with E-state index in [0.29, 0.717) is 27.4 Å². The first-order chi connectivity index (χ1) is 29.9. The van der Waals surface area contributed by atoms with E-state index in [4.69, 9.17) is 33.4 Å². The Bertz CT molecular complexity index is 3090. The molecule has 0 atom stereocenters. The molecule has 2 aliphatic carbocycles. The number of rotatable bonds is 6. The van der Waals surface area contributed by atoms with Crippen molar-refractivity contribution >= 4 is 76.1 Å². The molecule has 11 heteroatoms. The van der Waals surface area contributed by atoms with Gasteiger partial charge in [-0.1, -0.05) is 89.9 Å². The fraction of sp³-hybridized carbons (Fsp3) is 0.118. The number of nitrogens with one attached hydrogen (secondary N) is 2. The zero-order valence-corrected chi connectivity index (χ0v) is 35.3. The van der Waals surface area contributed by atoms with Crippen molar-refractivity contribution in [1.29, 1.82) is 0 Å². The number of carboxylic acid groups (broad SMARTS) is 2. The summed E-state index contributed by atoms with van der Waals surface area (Å²) in [6.45, 7) is 3.51. The van der Waals surface area contributed by atoms with Crippen LogP contribution in [-0.2, 0) is 12.8 Å². The highest BCUT2D eigenvalue weighted by molar-refractivity contribution is 6.37. The average Bonchev–Trinajstić information content (AvgIpc) is 3.52. The molecule has 3 aliphatic rings. The summed E-state index contributed by atoms with van der Waals surface area (Å²) in [6, 6.07) is 35.1. The Morgan fingerprint density at radius 1 is 0.694 bits per heavy atom. The van der Waals surface area contributed by atoms with Crippen molar-refractivity contribution in [3.63, 3.8) is 0 Å². The van der Waals surface area contributed by atoms with E-state index in [0.717, 1.165) is 59.4 Å². The third-order valence-electron chi connectivity index (χ3n) is 10.9. The Labute approximate surface area is 367 Å². The number of aromatic carboxylic acids is 2. The van der Waals surface area contributed by atoms with Gasteiger partial charge in [-0.25, -0.2) is 9.59 Å². The van der Waals surface area contributed by atoms with Gasteiger partial charge in [0, 0.05) is 51.7 Å². The van der Waals surface area contributed by atoms with Crippen molar-refractivity contribution in [2.75, 3.05) is 10.6 Å². The Hall–Kier alpha value is -7.07. The number of anilines is 2. The van der Waals surface area contributed by atoms with Gasteiger partial charge in [-0.3, -0.25) is 14.6 Å². The lowest BCUT2D eigenvalue weighted by Gasteiger charge is -2.20. The van der Waals surface area contributed by atoms with Gasteiger partial charge in [-0.2, -0.15) is 0 Å². The highest BCUT2D eigenvalue weighted by Gasteiger charge is 2.22. The Kier molecular flexibility index (Phi) is 13.3. The maximum Gasteiger partial charge on any atom is 0.335 e. The molecule has 0 radical (unpaired) electrons. The summed E-state index contributed by atoms with van der Waals surface area (Å²) in [5.41, 5.74) is 8.73. The Balaban J connectivity index is 0.000000195. The second-order valence-corrected chi connectivity index (χ2v) is 15.7. The third-order valence-corrected chi connectivity index (χ3v) is 11.4. The minimum absolute atomic E-state index is 0.0111. The van der Waals surface area contributed by atoms with Crippen molar-refractivity contribution in [2.45, 2.75) is 39.5 Å². The van der Waals surface area contributed by atoms with E-state index in [-0.39, 0.29) is 27.8 Å². The SMILES string of the molecule is C1=CNc2ccccc2C=N1.Cc1cc(C(=O)C2=c3ccc4c(c3CCC2)CC=c2ccccc2=4)ccc1NC(=O)c1ccc(Cl)cc1Cl.Cc1ccc(C(=O)O)cc1C(=O)O. The number of ketones is 1. The quantitative estimate of drug-likeness (QED) is 0.122. The summed E-state index contributed by atoms with van der Waals surface area (Å²) < 4.78 is 0. The van der Waals surface area contributed by atoms with E-state index in [1.807, 2.05) is 49.7 Å². The van der Waals surface area contributed by atoms with Crippen molar-refractivity contribution in [3.8, 4) is 0 Å². The largest absolute Gasteiger partial charge is 0.478 e. The molecule has 0 saturated carbocycles. The smallest absolute Gasteiger partial charge is 0.335 e. The monoisotopic (exact) mass is 861 g/mol. The van der Waals surface area contributed by atoms with Crippen molar-refractivity contribution in [3.05, 3.63) is 209 Å². The fourth-order valence-corrected chi connectivity index (χ4v) is 8.19. The molecule has 0 bridgehead atoms. The molecule has 62 heavy (non-hydrogen) atoms. The number of Topliss-reactive ketones (excluding diaryl/α,β-unsaturated/α-hetero) is 1. The van der Waals surface area contributed by atoms with Crippen molar-refractivity contribution in [2.24, 2.45) is 4.99 Å². The molecule has 0 aromatic heterocycles. The lowest BCUT2D eigenvalue weighted by molar-refractivity contribution is 0.0695. The van der Waals surface area contributed by atoms with Crippen molar-refractivity contribution in [1.82, 2.24) is 0 Å². The van der Waals surface area contributed by atoms with Crippen LogP contribution in [-0.4, -0.2) is 40.1 Å². The minimum atomic E-state index is -1.12. The predicted octanol–water partition coefficient (Wildman–Crippen LogP) is 9.94. The lowest BCUT2D eigenvalue weighted by atomic mass is 9.83. The number of carbonyl (C=O) groups excluding carboxylic acids is 2. The van der Waals surface area contributed by atoms with Crippen molar-refractivity contribution < 1.29 is 29.4 Å². The van der Waals surface area contributed by atoms with Gasteiger partial charge in [0.15, 0.2) is 5.78 Å². The molecule has 0 saturated heterocycles. The predicted molar refractivity (Wildman–Crippen MR) is 246 cm³/mol. The number of aryl methyl sites for hydroxylation is 2. The molecule has 9 nitrogen and oxygen atoms in total. The van der Waals surface area contributed by atoms with Gasteiger partial charge in [0.1, 0.15) is 0 Å². The lowest BCUT2D eigenvalue weighted by Crippen LogP contribution is -2.25. The number of para-hydroxylation sites is 1. The minimum Gasteiger partial charge on any atom is -0.478 e. The number of carboxylic acids is 2. The highest BCUT2D eigenvalue weighted by Crippen LogP contribution is 2.27. The van der Waals surface area contributed by atoms with Crippen LogP contribution in [0.3, 0.4) is 0 Å². The first kappa shape index (κ1) is 43.0. The fourth-order valence-electron chi connectivity index (χ4n) is 7.69. The number of benzene rings is 6. The number of nitrogens with zero attached hydrogens (tertiary/aromatic N) is 1. The summed E-state index contributed by atoms with van der Waals surface area (Å²) in [6.07, 6.45) is 11.3. The van der Waals surface area contributed by atoms with Crippen LogP contribution in [0.15, 0.2) is 133 Å². The van der Waals surface area contributed by atoms with Gasteiger partial charge in [0.2, 0.25) is 0 Å². The molecule has 0 spiro atoms. The molecule has 6 aromatic rings. The molecule has 1 aliphatic heterocycles. The molecule has 0 unspecified atom stereocenters. The number of hydrogen-bond donors (Lipinski definition) is 4. The van der Waals surface area contributed by atoms with Gasteiger partial charge < -0.3 is 20.8 Å². The summed E-state index contributed by atoms with van der Waals surface area (Å²) in [5, 5.41) is 29.0. The van der Waals surface area contributed by atoms with E-state index in [1.54, 1.807) is 43.5 Å². The normalized spacial score (nSPS) is 12.7. The topological polar surface area (TPSA) is 145 Å². The van der Waals surface area contributed by atoms with Crippen LogP contribution < -0.4 is 21.1 Å². The molecule has 0 fully saturated rings. The van der Waals surface area contributed by atoms with Gasteiger partial charge in [0.05, 0.1) is 21.7 Å². The van der Waals surface area contributed by atoms with Crippen LogP contribution in [0.4, 0.5) is 11.4 Å². The first-order valence-corrected chi connectivity index (χ1v) is 20.6. The van der Waals surface area contributed by atoms with Crippen LogP contribution in [0.25, 0.3) is 11.6 Å². The zero-order valence-electron chi connectivity index (χ0n) is 33.8. The summed E-state index contributed by atoms with van der Waals surface area (Å²) in [5.74, 6) is -2.51. The maximum absolute atomic E-state index is 13.8. The Morgan fingerprint density at radius 2 is 1.45 bits per heavy atom. The van der Waals surface area contributed by atoms with Gasteiger partial charge in [0.25, 0.3) is 5.91 Å². The van der Waals surface area contributed by atoms with Crippen LogP contribution in [0.2, 0.25) is 10.0 Å². The van der Waals surface area contributed by atoms with Crippen LogP contribution in [0.1, 0.15) is 82.1 Å². The van der Waals surface area contributed by atoms with Gasteiger partial charge >= 0.3 is 11.9 Å². The van der Waals surface area contributed by atoms with E-state index < -0.39 is 11.9 Å². The molecule has 1 amide bonds. The van der Waals surface area contributed by atoms with E-state index in [2.05, 4.69) is 58.1 Å². The molecule has 1 heterocycles. The molecular formula is C51H41Cl2N3O6. The number of hydrogen-bond acceptors (Lipinski definition) is 6. The van der Waals surface area contributed by atoms with Crippen LogP contribution in [0.5, 0.6) is 0 Å². The molecular weight excluding hydrogens is 821 g/mol. The summed E-state index contributed by atoms with van der Waals surface area (Å²) in [4.78, 5) is 51.7. The van der Waals surface area contributed by atoms with E-state index in [1.165, 1.54) is 38.9 Å².